The molecule has 2 fully saturated rings. The minimum absolute atomic E-state index is 0. The summed E-state index contributed by atoms with van der Waals surface area (Å²) in [5, 5.41) is 6.14. The molecule has 0 aliphatic carbocycles. The van der Waals surface area contributed by atoms with Crippen LogP contribution in [-0.2, 0) is 14.3 Å². The molecule has 6 nitrogen and oxygen atoms in total. The second-order valence-electron chi connectivity index (χ2n) is 5.33. The lowest BCUT2D eigenvalue weighted by atomic mass is 10.1. The zero-order chi connectivity index (χ0) is 13.5. The topological polar surface area (TPSA) is 62.8 Å². The lowest BCUT2D eigenvalue weighted by Gasteiger charge is -2.29. The number of hydrogen-bond acceptors (Lipinski definition) is 5. The number of amides is 1. The highest BCUT2D eigenvalue weighted by molar-refractivity contribution is 5.85. The van der Waals surface area contributed by atoms with Gasteiger partial charge in [-0.15, -0.1) is 24.8 Å². The van der Waals surface area contributed by atoms with Gasteiger partial charge in [-0.05, 0) is 5.92 Å². The third-order valence-electron chi connectivity index (χ3n) is 3.52. The molecule has 0 bridgehead atoms. The van der Waals surface area contributed by atoms with Crippen LogP contribution in [0, 0.1) is 5.92 Å². The minimum atomic E-state index is -0.329. The standard InChI is InChI=1S/C13H25N3O3.2ClH/c1-11(10-16-3-6-18-7-4-16)8-15-13(17)12-9-14-2-5-19-12;;/h11-12,14H,2-10H2,1H3,(H,15,17);2*1H. The number of carbonyl (C=O) groups excluding carboxylic acids is 1. The Kier molecular flexibility index (Phi) is 11.4. The molecule has 0 aromatic heterocycles. The van der Waals surface area contributed by atoms with Crippen LogP contribution < -0.4 is 10.6 Å². The maximum atomic E-state index is 11.9. The Balaban J connectivity index is 0.00000200. The van der Waals surface area contributed by atoms with Crippen LogP contribution in [-0.4, -0.2) is 76.0 Å². The zero-order valence-corrected chi connectivity index (χ0v) is 14.1. The van der Waals surface area contributed by atoms with E-state index in [0.29, 0.717) is 25.6 Å². The largest absolute Gasteiger partial charge is 0.379 e. The summed E-state index contributed by atoms with van der Waals surface area (Å²) in [6, 6.07) is 0. The first-order chi connectivity index (χ1) is 9.25. The zero-order valence-electron chi connectivity index (χ0n) is 12.5. The van der Waals surface area contributed by atoms with Crippen LogP contribution in [0.4, 0.5) is 0 Å². The number of hydrogen-bond donors (Lipinski definition) is 2. The number of nitrogens with zero attached hydrogens (tertiary/aromatic N) is 1. The molecule has 8 heteroatoms. The van der Waals surface area contributed by atoms with Gasteiger partial charge in [-0.25, -0.2) is 0 Å². The Labute approximate surface area is 139 Å². The van der Waals surface area contributed by atoms with Crippen LogP contribution in [0.25, 0.3) is 0 Å². The number of ether oxygens (including phenoxy) is 2. The highest BCUT2D eigenvalue weighted by Gasteiger charge is 2.22. The van der Waals surface area contributed by atoms with Crippen LogP contribution in [0.1, 0.15) is 6.92 Å². The van der Waals surface area contributed by atoms with E-state index >= 15 is 0 Å². The van der Waals surface area contributed by atoms with Crippen LogP contribution in [0.3, 0.4) is 0 Å². The first-order valence-electron chi connectivity index (χ1n) is 7.16. The van der Waals surface area contributed by atoms with E-state index in [0.717, 1.165) is 39.4 Å². The van der Waals surface area contributed by atoms with Gasteiger partial charge >= 0.3 is 0 Å². The first-order valence-corrected chi connectivity index (χ1v) is 7.16. The van der Waals surface area contributed by atoms with Crippen molar-refractivity contribution in [2.24, 2.45) is 5.92 Å². The van der Waals surface area contributed by atoms with E-state index in [1.54, 1.807) is 0 Å². The van der Waals surface area contributed by atoms with Crippen molar-refractivity contribution in [2.45, 2.75) is 13.0 Å². The smallest absolute Gasteiger partial charge is 0.250 e. The number of nitrogens with one attached hydrogen (secondary N) is 2. The van der Waals surface area contributed by atoms with Gasteiger partial charge in [0.1, 0.15) is 6.10 Å². The third kappa shape index (κ3) is 7.63. The second kappa shape index (κ2) is 11.5. The van der Waals surface area contributed by atoms with Gasteiger partial charge in [0.25, 0.3) is 0 Å². The maximum absolute atomic E-state index is 11.9. The Morgan fingerprint density at radius 3 is 2.67 bits per heavy atom. The molecule has 21 heavy (non-hydrogen) atoms. The average molecular weight is 344 g/mol. The van der Waals surface area contributed by atoms with E-state index < -0.39 is 0 Å². The van der Waals surface area contributed by atoms with Gasteiger partial charge in [0, 0.05) is 39.3 Å². The van der Waals surface area contributed by atoms with Crippen molar-refractivity contribution in [1.29, 1.82) is 0 Å². The Morgan fingerprint density at radius 2 is 2.05 bits per heavy atom. The molecular weight excluding hydrogens is 317 g/mol. The van der Waals surface area contributed by atoms with Crippen molar-refractivity contribution in [3.05, 3.63) is 0 Å². The lowest BCUT2D eigenvalue weighted by Crippen LogP contribution is -2.49. The molecule has 0 aromatic carbocycles. The van der Waals surface area contributed by atoms with Crippen LogP contribution in [0.5, 0.6) is 0 Å². The predicted molar refractivity (Wildman–Crippen MR) is 86.5 cm³/mol. The summed E-state index contributed by atoms with van der Waals surface area (Å²) in [5.41, 5.74) is 0. The molecule has 2 atom stereocenters. The second-order valence-corrected chi connectivity index (χ2v) is 5.33. The summed E-state index contributed by atoms with van der Waals surface area (Å²) in [7, 11) is 0. The number of carbonyl (C=O) groups is 1. The van der Waals surface area contributed by atoms with E-state index in [2.05, 4.69) is 22.5 Å². The number of morpholine rings is 2. The highest BCUT2D eigenvalue weighted by Crippen LogP contribution is 2.03. The molecule has 2 unspecified atom stereocenters. The number of rotatable bonds is 5. The molecule has 2 heterocycles. The van der Waals surface area contributed by atoms with Gasteiger partial charge in [-0.2, -0.15) is 0 Å². The molecule has 0 aromatic rings. The quantitative estimate of drug-likeness (QED) is 0.730. The van der Waals surface area contributed by atoms with Crippen molar-refractivity contribution < 1.29 is 14.3 Å². The fourth-order valence-electron chi connectivity index (χ4n) is 2.41. The van der Waals surface area contributed by atoms with Crippen LogP contribution in [0.15, 0.2) is 0 Å². The van der Waals surface area contributed by atoms with Crippen molar-refractivity contribution in [1.82, 2.24) is 15.5 Å². The molecular formula is C13H27Cl2N3O3. The average Bonchev–Trinajstić information content (AvgIpc) is 2.47. The third-order valence-corrected chi connectivity index (χ3v) is 3.52. The van der Waals surface area contributed by atoms with Crippen molar-refractivity contribution in [3.63, 3.8) is 0 Å². The SMILES string of the molecule is CC(CNC(=O)C1CNCCO1)CN1CCOCC1.Cl.Cl. The van der Waals surface area contributed by atoms with Crippen molar-refractivity contribution >= 4 is 30.7 Å². The lowest BCUT2D eigenvalue weighted by molar-refractivity contribution is -0.134. The van der Waals surface area contributed by atoms with Crippen LogP contribution >= 0.6 is 24.8 Å². The first kappa shape index (κ1) is 20.9. The highest BCUT2D eigenvalue weighted by atomic mass is 35.5. The van der Waals surface area contributed by atoms with Gasteiger partial charge in [0.15, 0.2) is 0 Å². The number of halogens is 2. The van der Waals surface area contributed by atoms with E-state index in [1.807, 2.05) is 0 Å². The van der Waals surface area contributed by atoms with Crippen LogP contribution in [0.2, 0.25) is 0 Å². The van der Waals surface area contributed by atoms with Gasteiger partial charge in [-0.1, -0.05) is 6.92 Å². The summed E-state index contributed by atoms with van der Waals surface area (Å²) in [6.45, 7) is 9.56. The normalized spacial score (nSPS) is 24.3. The Bertz CT molecular complexity index is 286. The van der Waals surface area contributed by atoms with Gasteiger partial charge in [0.05, 0.1) is 19.8 Å². The molecule has 2 rings (SSSR count). The molecule has 2 aliphatic rings. The molecule has 1 amide bonds. The fraction of sp³-hybridized carbons (Fsp3) is 0.923. The maximum Gasteiger partial charge on any atom is 0.250 e. The summed E-state index contributed by atoms with van der Waals surface area (Å²) in [4.78, 5) is 14.3. The summed E-state index contributed by atoms with van der Waals surface area (Å²) < 4.78 is 10.7. The molecule has 2 N–H and O–H groups in total. The summed E-state index contributed by atoms with van der Waals surface area (Å²) >= 11 is 0. The summed E-state index contributed by atoms with van der Waals surface area (Å²) in [5.74, 6) is 0.444. The molecule has 2 aliphatic heterocycles. The molecule has 0 radical (unpaired) electrons. The molecule has 0 saturated carbocycles. The van der Waals surface area contributed by atoms with E-state index in [1.165, 1.54) is 0 Å². The van der Waals surface area contributed by atoms with Gasteiger partial charge < -0.3 is 20.1 Å². The van der Waals surface area contributed by atoms with E-state index in [-0.39, 0.29) is 36.8 Å². The molecule has 126 valence electrons. The Morgan fingerprint density at radius 1 is 1.33 bits per heavy atom. The predicted octanol–water partition coefficient (Wildman–Crippen LogP) is -0.0971. The van der Waals surface area contributed by atoms with Gasteiger partial charge in [0.2, 0.25) is 5.91 Å². The van der Waals surface area contributed by atoms with E-state index in [9.17, 15) is 4.79 Å². The fourth-order valence-corrected chi connectivity index (χ4v) is 2.41. The molecule has 0 spiro atoms. The molecule has 2 saturated heterocycles. The van der Waals surface area contributed by atoms with Crippen molar-refractivity contribution in [2.75, 3.05) is 59.1 Å². The van der Waals surface area contributed by atoms with Crippen molar-refractivity contribution in [3.8, 4) is 0 Å². The summed E-state index contributed by atoms with van der Waals surface area (Å²) in [6.07, 6.45) is -0.329. The minimum Gasteiger partial charge on any atom is -0.379 e. The Hall–Kier alpha value is -0.110. The monoisotopic (exact) mass is 343 g/mol. The van der Waals surface area contributed by atoms with E-state index in [4.69, 9.17) is 9.47 Å². The van der Waals surface area contributed by atoms with Gasteiger partial charge in [-0.3, -0.25) is 9.69 Å².